The molecule has 0 aliphatic rings. The van der Waals surface area contributed by atoms with Crippen LogP contribution < -0.4 is 5.56 Å². The van der Waals surface area contributed by atoms with Crippen molar-refractivity contribution in [2.24, 2.45) is 0 Å². The summed E-state index contributed by atoms with van der Waals surface area (Å²) in [5.41, 5.74) is 1.70. The number of aryl methyl sites for hydroxylation is 1. The summed E-state index contributed by atoms with van der Waals surface area (Å²) < 4.78 is 6.19. The van der Waals surface area contributed by atoms with Crippen LogP contribution in [-0.2, 0) is 11.2 Å². The van der Waals surface area contributed by atoms with E-state index >= 15 is 0 Å². The number of aromatic amines is 1. The van der Waals surface area contributed by atoms with Crippen LogP contribution in [0.1, 0.15) is 35.5 Å². The Balaban J connectivity index is 2.70. The topological polar surface area (TPSA) is 76.5 Å². The van der Waals surface area contributed by atoms with Crippen LogP contribution in [0.15, 0.2) is 11.0 Å². The van der Waals surface area contributed by atoms with E-state index < -0.39 is 5.97 Å². The molecule has 0 amide bonds. The van der Waals surface area contributed by atoms with E-state index in [-0.39, 0.29) is 17.7 Å². The molecule has 2 heterocycles. The summed E-state index contributed by atoms with van der Waals surface area (Å²) in [4.78, 5) is 28.1. The van der Waals surface area contributed by atoms with Crippen molar-refractivity contribution in [2.75, 3.05) is 6.61 Å². The van der Waals surface area contributed by atoms with Crippen LogP contribution in [0.5, 0.6) is 0 Å². The zero-order chi connectivity index (χ0) is 13.3. The zero-order valence-electron chi connectivity index (χ0n) is 10.6. The van der Waals surface area contributed by atoms with E-state index in [0.29, 0.717) is 23.3 Å². The summed E-state index contributed by atoms with van der Waals surface area (Å²) >= 11 is 0. The number of hydrogen-bond acceptors (Lipinski definition) is 4. The summed E-state index contributed by atoms with van der Waals surface area (Å²) in [5, 5.41) is 2.73. The first-order chi connectivity index (χ1) is 8.60. The van der Waals surface area contributed by atoms with Gasteiger partial charge in [-0.25, -0.2) is 14.3 Å². The Morgan fingerprint density at radius 3 is 2.83 bits per heavy atom. The summed E-state index contributed by atoms with van der Waals surface area (Å²) in [6.45, 7) is 5.66. The Hall–Kier alpha value is -2.11. The number of carbonyl (C=O) groups excluding carboxylic acids is 1. The summed E-state index contributed by atoms with van der Waals surface area (Å²) in [6.07, 6.45) is 2.09. The van der Waals surface area contributed by atoms with Gasteiger partial charge in [-0.1, -0.05) is 6.92 Å². The van der Waals surface area contributed by atoms with Gasteiger partial charge >= 0.3 is 5.97 Å². The first-order valence-corrected chi connectivity index (χ1v) is 5.86. The fraction of sp³-hybridized carbons (Fsp3) is 0.417. The molecule has 0 aliphatic heterocycles. The van der Waals surface area contributed by atoms with E-state index in [2.05, 4.69) is 10.1 Å². The molecule has 0 aliphatic carbocycles. The summed E-state index contributed by atoms with van der Waals surface area (Å²) in [7, 11) is 0. The number of carbonyl (C=O) groups is 1. The number of ether oxygens (including phenoxy) is 1. The molecule has 18 heavy (non-hydrogen) atoms. The largest absolute Gasteiger partial charge is 0.462 e. The van der Waals surface area contributed by atoms with Gasteiger partial charge in [-0.05, 0) is 20.3 Å². The van der Waals surface area contributed by atoms with Crippen molar-refractivity contribution in [1.29, 1.82) is 0 Å². The highest BCUT2D eigenvalue weighted by Crippen LogP contribution is 2.10. The van der Waals surface area contributed by atoms with Crippen molar-refractivity contribution in [3.8, 4) is 0 Å². The zero-order valence-corrected chi connectivity index (χ0v) is 10.6. The minimum atomic E-state index is -0.478. The molecule has 0 saturated heterocycles. The maximum Gasteiger partial charge on any atom is 0.343 e. The molecule has 0 unspecified atom stereocenters. The maximum atomic E-state index is 12.0. The number of H-pyrrole nitrogens is 1. The van der Waals surface area contributed by atoms with E-state index in [9.17, 15) is 9.59 Å². The highest BCUT2D eigenvalue weighted by atomic mass is 16.5. The number of fused-ring (bicyclic) bond motifs is 1. The van der Waals surface area contributed by atoms with Gasteiger partial charge in [-0.3, -0.25) is 9.89 Å². The average Bonchev–Trinajstić information content (AvgIpc) is 2.77. The van der Waals surface area contributed by atoms with E-state index in [4.69, 9.17) is 4.74 Å². The van der Waals surface area contributed by atoms with Crippen molar-refractivity contribution in [2.45, 2.75) is 27.2 Å². The minimum absolute atomic E-state index is 0.188. The third-order valence-electron chi connectivity index (χ3n) is 2.82. The number of hydrogen-bond donors (Lipinski definition) is 1. The van der Waals surface area contributed by atoms with E-state index in [0.717, 1.165) is 0 Å². The van der Waals surface area contributed by atoms with Crippen molar-refractivity contribution in [3.63, 3.8) is 0 Å². The van der Waals surface area contributed by atoms with Crippen LogP contribution in [0.2, 0.25) is 0 Å². The Morgan fingerprint density at radius 1 is 1.50 bits per heavy atom. The third-order valence-corrected chi connectivity index (χ3v) is 2.82. The lowest BCUT2D eigenvalue weighted by molar-refractivity contribution is 0.0528. The lowest BCUT2D eigenvalue weighted by Crippen LogP contribution is -2.20. The smallest absolute Gasteiger partial charge is 0.343 e. The van der Waals surface area contributed by atoms with Crippen molar-refractivity contribution in [3.05, 3.63) is 33.4 Å². The van der Waals surface area contributed by atoms with Crippen LogP contribution in [0.3, 0.4) is 0 Å². The molecule has 0 saturated carbocycles. The van der Waals surface area contributed by atoms with Crippen molar-refractivity contribution in [1.82, 2.24) is 14.6 Å². The van der Waals surface area contributed by atoms with Crippen LogP contribution in [-0.4, -0.2) is 27.2 Å². The van der Waals surface area contributed by atoms with Gasteiger partial charge in [0.05, 0.1) is 12.3 Å². The van der Waals surface area contributed by atoms with Crippen LogP contribution in [0, 0.1) is 6.92 Å². The van der Waals surface area contributed by atoms with Crippen LogP contribution >= 0.6 is 0 Å². The van der Waals surface area contributed by atoms with E-state index in [1.807, 2.05) is 6.92 Å². The molecule has 2 aromatic heterocycles. The molecule has 0 atom stereocenters. The summed E-state index contributed by atoms with van der Waals surface area (Å²) in [6, 6.07) is 0. The normalized spacial score (nSPS) is 10.8. The Kier molecular flexibility index (Phi) is 3.18. The average molecular weight is 249 g/mol. The number of nitrogens with one attached hydrogen (secondary N) is 1. The van der Waals surface area contributed by atoms with Gasteiger partial charge in [0.25, 0.3) is 5.56 Å². The quantitative estimate of drug-likeness (QED) is 0.825. The van der Waals surface area contributed by atoms with Gasteiger partial charge in [0.1, 0.15) is 5.56 Å². The number of aromatic nitrogens is 3. The third kappa shape index (κ3) is 1.79. The second-order valence-corrected chi connectivity index (χ2v) is 3.91. The molecule has 2 rings (SSSR count). The first-order valence-electron chi connectivity index (χ1n) is 5.86. The SMILES string of the molecule is CCOC(=O)c1c[nH]n2c(=O)c(C)c(CC)nc12. The highest BCUT2D eigenvalue weighted by molar-refractivity contribution is 5.95. The fourth-order valence-corrected chi connectivity index (χ4v) is 1.85. The lowest BCUT2D eigenvalue weighted by Gasteiger charge is -2.03. The van der Waals surface area contributed by atoms with Gasteiger partial charge in [-0.2, -0.15) is 0 Å². The molecule has 0 spiro atoms. The fourth-order valence-electron chi connectivity index (χ4n) is 1.85. The van der Waals surface area contributed by atoms with Gasteiger partial charge in [0, 0.05) is 11.8 Å². The van der Waals surface area contributed by atoms with Gasteiger partial charge in [0.15, 0.2) is 5.65 Å². The Morgan fingerprint density at radius 2 is 2.22 bits per heavy atom. The molecule has 6 nitrogen and oxygen atoms in total. The van der Waals surface area contributed by atoms with Crippen LogP contribution in [0.4, 0.5) is 0 Å². The lowest BCUT2D eigenvalue weighted by atomic mass is 10.2. The molecule has 6 heteroatoms. The standard InChI is InChI=1S/C12H15N3O3/c1-4-9-7(3)11(16)15-10(14-9)8(6-13-15)12(17)18-5-2/h6,13H,4-5H2,1-3H3. The Labute approximate surface area is 104 Å². The van der Waals surface area contributed by atoms with Crippen molar-refractivity contribution < 1.29 is 9.53 Å². The second-order valence-electron chi connectivity index (χ2n) is 3.91. The number of rotatable bonds is 3. The molecule has 0 radical (unpaired) electrons. The molecule has 0 fully saturated rings. The minimum Gasteiger partial charge on any atom is -0.462 e. The molecule has 1 N–H and O–H groups in total. The predicted octanol–water partition coefficient (Wildman–Crippen LogP) is 1.07. The molecule has 2 aromatic rings. The van der Waals surface area contributed by atoms with E-state index in [1.54, 1.807) is 13.8 Å². The van der Waals surface area contributed by atoms with E-state index in [1.165, 1.54) is 10.7 Å². The highest BCUT2D eigenvalue weighted by Gasteiger charge is 2.17. The van der Waals surface area contributed by atoms with Crippen molar-refractivity contribution >= 4 is 11.6 Å². The van der Waals surface area contributed by atoms with Gasteiger partial charge < -0.3 is 4.74 Å². The van der Waals surface area contributed by atoms with Gasteiger partial charge in [-0.15, -0.1) is 0 Å². The number of nitrogens with zero attached hydrogens (tertiary/aromatic N) is 2. The molecular formula is C12H15N3O3. The van der Waals surface area contributed by atoms with Crippen LogP contribution in [0.25, 0.3) is 5.65 Å². The molecule has 0 aromatic carbocycles. The number of esters is 1. The molecule has 0 bridgehead atoms. The first kappa shape index (κ1) is 12.3. The molecular weight excluding hydrogens is 234 g/mol. The maximum absolute atomic E-state index is 12.0. The van der Waals surface area contributed by atoms with Gasteiger partial charge in [0.2, 0.25) is 0 Å². The monoisotopic (exact) mass is 249 g/mol. The Bertz CT molecular complexity index is 654. The molecule has 96 valence electrons. The predicted molar refractivity (Wildman–Crippen MR) is 65.9 cm³/mol. The second kappa shape index (κ2) is 4.64. The summed E-state index contributed by atoms with van der Waals surface area (Å²) in [5.74, 6) is -0.478.